The molecule has 0 radical (unpaired) electrons. The van der Waals surface area contributed by atoms with Gasteiger partial charge in [0.05, 0.1) is 12.3 Å². The van der Waals surface area contributed by atoms with Gasteiger partial charge in [-0.15, -0.1) is 11.3 Å². The second-order valence-electron chi connectivity index (χ2n) is 8.37. The Hall–Kier alpha value is -2.38. The summed E-state index contributed by atoms with van der Waals surface area (Å²) in [5, 5.41) is 5.52. The van der Waals surface area contributed by atoms with Crippen LogP contribution in [-0.4, -0.2) is 33.3 Å². The van der Waals surface area contributed by atoms with E-state index < -0.39 is 10.0 Å². The predicted molar refractivity (Wildman–Crippen MR) is 138 cm³/mol. The number of fused-ring (bicyclic) bond motifs is 1. The minimum atomic E-state index is -3.84. The summed E-state index contributed by atoms with van der Waals surface area (Å²) in [5.74, 6) is 1.40. The molecule has 2 aliphatic rings. The lowest BCUT2D eigenvalue weighted by Gasteiger charge is -2.23. The van der Waals surface area contributed by atoms with E-state index in [1.54, 1.807) is 18.4 Å². The van der Waals surface area contributed by atoms with Gasteiger partial charge in [0.15, 0.2) is 17.8 Å². The molecule has 0 saturated carbocycles. The highest BCUT2D eigenvalue weighted by molar-refractivity contribution is 9.10. The molecule has 0 aliphatic carbocycles. The summed E-state index contributed by atoms with van der Waals surface area (Å²) in [5.41, 5.74) is 3.08. The van der Waals surface area contributed by atoms with Crippen LogP contribution in [0.5, 0.6) is 11.5 Å². The van der Waals surface area contributed by atoms with Gasteiger partial charge in [-0.05, 0) is 88.8 Å². The third-order valence-corrected chi connectivity index (χ3v) is 9.63. The predicted octanol–water partition coefficient (Wildman–Crippen LogP) is 5.64. The van der Waals surface area contributed by atoms with E-state index in [2.05, 4.69) is 25.8 Å². The first-order valence-corrected chi connectivity index (χ1v) is 14.6. The molecular weight excluding hydrogens is 572 g/mol. The Morgan fingerprint density at radius 1 is 1.25 bits per heavy atom. The van der Waals surface area contributed by atoms with Gasteiger partial charge >= 0.3 is 0 Å². The summed E-state index contributed by atoms with van der Waals surface area (Å²) in [6.07, 6.45) is 7.10. The number of nitrogens with zero attached hydrogens (tertiary/aromatic N) is 1. The summed E-state index contributed by atoms with van der Waals surface area (Å²) in [6, 6.07) is 5.64. The fraction of sp³-hybridized carbons (Fsp3) is 0.375. The SMILES string of the molecule is Cc1noc(NS(=O)(=O)c2sccc2CC=Cc2cc3c(cc2COC2CCCCO2)OCO3)c1Br. The van der Waals surface area contributed by atoms with Crippen molar-refractivity contribution in [2.75, 3.05) is 18.1 Å². The minimum absolute atomic E-state index is 0.0503. The number of sulfonamides is 1. The average molecular weight is 598 g/mol. The van der Waals surface area contributed by atoms with Crippen molar-refractivity contribution >= 4 is 49.3 Å². The lowest BCUT2D eigenvalue weighted by Crippen LogP contribution is -2.22. The summed E-state index contributed by atoms with van der Waals surface area (Å²) >= 11 is 4.44. The maximum absolute atomic E-state index is 13.0. The Bertz CT molecular complexity index is 1360. The van der Waals surface area contributed by atoms with Crippen molar-refractivity contribution in [3.8, 4) is 11.5 Å². The summed E-state index contributed by atoms with van der Waals surface area (Å²) in [6.45, 7) is 2.98. The topological polar surface area (TPSA) is 109 Å². The lowest BCUT2D eigenvalue weighted by atomic mass is 10.1. The van der Waals surface area contributed by atoms with Crippen LogP contribution in [0.3, 0.4) is 0 Å². The van der Waals surface area contributed by atoms with Crippen LogP contribution in [0.25, 0.3) is 6.08 Å². The first kappa shape index (κ1) is 25.3. The van der Waals surface area contributed by atoms with Crippen molar-refractivity contribution in [2.45, 2.75) is 49.7 Å². The van der Waals surface area contributed by atoms with E-state index in [1.165, 1.54) is 0 Å². The molecule has 3 aromatic rings. The van der Waals surface area contributed by atoms with Crippen LogP contribution in [-0.2, 0) is 32.5 Å². The first-order chi connectivity index (χ1) is 17.4. The number of ether oxygens (including phenoxy) is 4. The molecule has 9 nitrogen and oxygen atoms in total. The van der Waals surface area contributed by atoms with E-state index in [1.807, 2.05) is 24.3 Å². The van der Waals surface area contributed by atoms with Gasteiger partial charge in [0.25, 0.3) is 15.9 Å². The molecule has 2 aliphatic heterocycles. The van der Waals surface area contributed by atoms with Crippen LogP contribution in [0, 0.1) is 6.92 Å². The van der Waals surface area contributed by atoms with Crippen molar-refractivity contribution in [3.05, 3.63) is 56.5 Å². The first-order valence-electron chi connectivity index (χ1n) is 11.4. The molecule has 1 unspecified atom stereocenters. The van der Waals surface area contributed by atoms with Gasteiger partial charge in [0.2, 0.25) is 6.79 Å². The zero-order valence-corrected chi connectivity index (χ0v) is 22.7. The molecule has 1 aromatic carbocycles. The zero-order valence-electron chi connectivity index (χ0n) is 19.5. The number of hydrogen-bond acceptors (Lipinski definition) is 9. The Morgan fingerprint density at radius 3 is 2.83 bits per heavy atom. The van der Waals surface area contributed by atoms with Crippen LogP contribution in [0.15, 0.2) is 42.9 Å². The molecule has 0 bridgehead atoms. The van der Waals surface area contributed by atoms with Crippen molar-refractivity contribution < 1.29 is 31.9 Å². The van der Waals surface area contributed by atoms with E-state index in [0.29, 0.717) is 46.9 Å². The number of hydrogen-bond donors (Lipinski definition) is 1. The van der Waals surface area contributed by atoms with E-state index in [4.69, 9.17) is 23.5 Å². The van der Waals surface area contributed by atoms with Gasteiger partial charge in [0, 0.05) is 6.61 Å². The number of nitrogens with one attached hydrogen (secondary N) is 1. The molecule has 1 atom stereocenters. The molecule has 36 heavy (non-hydrogen) atoms. The molecule has 12 heteroatoms. The molecule has 5 rings (SSSR count). The number of benzene rings is 1. The van der Waals surface area contributed by atoms with E-state index in [-0.39, 0.29) is 23.2 Å². The number of aromatic nitrogens is 1. The smallest absolute Gasteiger partial charge is 0.274 e. The number of rotatable bonds is 9. The third-order valence-electron chi connectivity index (χ3n) is 5.80. The van der Waals surface area contributed by atoms with E-state index in [9.17, 15) is 8.42 Å². The van der Waals surface area contributed by atoms with Gasteiger partial charge in [0.1, 0.15) is 8.68 Å². The van der Waals surface area contributed by atoms with Crippen molar-refractivity contribution in [3.63, 3.8) is 0 Å². The Morgan fingerprint density at radius 2 is 2.08 bits per heavy atom. The van der Waals surface area contributed by atoms with Gasteiger partial charge in [-0.2, -0.15) is 0 Å². The van der Waals surface area contributed by atoms with Crippen LogP contribution < -0.4 is 14.2 Å². The summed E-state index contributed by atoms with van der Waals surface area (Å²) in [7, 11) is -3.84. The summed E-state index contributed by atoms with van der Waals surface area (Å²) in [4.78, 5) is 0. The largest absolute Gasteiger partial charge is 0.454 e. The highest BCUT2D eigenvalue weighted by Gasteiger charge is 2.24. The zero-order chi connectivity index (χ0) is 25.1. The molecule has 192 valence electrons. The monoisotopic (exact) mass is 596 g/mol. The Kier molecular flexibility index (Phi) is 7.68. The number of anilines is 1. The van der Waals surface area contributed by atoms with Crippen molar-refractivity contribution in [2.24, 2.45) is 0 Å². The molecule has 1 saturated heterocycles. The second kappa shape index (κ2) is 10.9. The van der Waals surface area contributed by atoms with E-state index >= 15 is 0 Å². The Balaban J connectivity index is 1.32. The third kappa shape index (κ3) is 5.62. The molecule has 0 spiro atoms. The number of aryl methyl sites for hydroxylation is 1. The van der Waals surface area contributed by atoms with Crippen LogP contribution >= 0.6 is 27.3 Å². The van der Waals surface area contributed by atoms with Gasteiger partial charge in [-0.3, -0.25) is 0 Å². The minimum Gasteiger partial charge on any atom is -0.454 e. The maximum Gasteiger partial charge on any atom is 0.274 e. The molecular formula is C24H25BrN2O7S2. The molecule has 1 fully saturated rings. The lowest BCUT2D eigenvalue weighted by molar-refractivity contribution is -0.168. The fourth-order valence-electron chi connectivity index (χ4n) is 3.92. The average Bonchev–Trinajstić information content (AvgIpc) is 3.60. The number of thiophene rings is 1. The highest BCUT2D eigenvalue weighted by Crippen LogP contribution is 2.36. The van der Waals surface area contributed by atoms with Crippen molar-refractivity contribution in [1.29, 1.82) is 0 Å². The molecule has 2 aromatic heterocycles. The highest BCUT2D eigenvalue weighted by atomic mass is 79.9. The molecule has 4 heterocycles. The number of allylic oxidation sites excluding steroid dienone is 1. The van der Waals surface area contributed by atoms with E-state index in [0.717, 1.165) is 41.7 Å². The maximum atomic E-state index is 13.0. The fourth-order valence-corrected chi connectivity index (χ4v) is 6.72. The number of halogens is 1. The standard InChI is InChI=1S/C24H25BrN2O7S2/c1-15-22(25)23(34-26-15)27-36(28,29)24-16(8-10-35-24)5-4-6-17-11-19-20(33-14-32-19)12-18(17)13-31-21-7-2-3-9-30-21/h4,6,8,10-12,21,27H,2-3,5,7,9,13-14H2,1H3. The van der Waals surface area contributed by atoms with Gasteiger partial charge in [-0.1, -0.05) is 17.3 Å². The molecule has 0 amide bonds. The van der Waals surface area contributed by atoms with Crippen LogP contribution in [0.4, 0.5) is 5.88 Å². The Labute approximate surface area is 221 Å². The summed E-state index contributed by atoms with van der Waals surface area (Å²) < 4.78 is 57.0. The van der Waals surface area contributed by atoms with Crippen molar-refractivity contribution in [1.82, 2.24) is 5.16 Å². The van der Waals surface area contributed by atoms with Crippen LogP contribution in [0.1, 0.15) is 41.6 Å². The van der Waals surface area contributed by atoms with Crippen LogP contribution in [0.2, 0.25) is 0 Å². The van der Waals surface area contributed by atoms with Gasteiger partial charge < -0.3 is 23.5 Å². The molecule has 1 N–H and O–H groups in total. The second-order valence-corrected chi connectivity index (χ2v) is 12.0. The van der Waals surface area contributed by atoms with Gasteiger partial charge in [-0.25, -0.2) is 13.1 Å². The normalized spacial score (nSPS) is 17.7. The quantitative estimate of drug-likeness (QED) is 0.338.